The summed E-state index contributed by atoms with van der Waals surface area (Å²) in [6, 6.07) is 6.95. The van der Waals surface area contributed by atoms with Crippen molar-refractivity contribution in [3.63, 3.8) is 0 Å². The molecule has 0 aromatic heterocycles. The van der Waals surface area contributed by atoms with Crippen LogP contribution in [0.2, 0.25) is 0 Å². The van der Waals surface area contributed by atoms with Crippen LogP contribution in [0.25, 0.3) is 0 Å². The molecule has 9 heteroatoms. The van der Waals surface area contributed by atoms with E-state index in [1.54, 1.807) is 31.2 Å². The Hall–Kier alpha value is -2.13. The maximum atomic E-state index is 13.5. The van der Waals surface area contributed by atoms with Crippen LogP contribution in [-0.4, -0.2) is 62.6 Å². The van der Waals surface area contributed by atoms with Crippen molar-refractivity contribution in [2.45, 2.75) is 57.0 Å². The molecule has 1 atom stereocenters. The van der Waals surface area contributed by atoms with Gasteiger partial charge in [-0.1, -0.05) is 31.7 Å². The highest BCUT2D eigenvalue weighted by atomic mass is 32.2. The average molecular weight is 438 g/mol. The van der Waals surface area contributed by atoms with Gasteiger partial charge in [-0.05, 0) is 31.9 Å². The van der Waals surface area contributed by atoms with Gasteiger partial charge in [0.05, 0.1) is 19.9 Å². The number of hydrogen-bond donors (Lipinski definition) is 1. The SMILES string of the molecule is COc1cccc(N2C(=O)CN(S(C)(=O)=O)C[C@]2(C)C(=O)NC2CCCCCC2)c1. The topological polar surface area (TPSA) is 96.0 Å². The third kappa shape index (κ3) is 4.78. The summed E-state index contributed by atoms with van der Waals surface area (Å²) in [7, 11) is -2.11. The van der Waals surface area contributed by atoms with Gasteiger partial charge in [-0.2, -0.15) is 4.31 Å². The van der Waals surface area contributed by atoms with Gasteiger partial charge < -0.3 is 10.1 Å². The van der Waals surface area contributed by atoms with E-state index in [9.17, 15) is 18.0 Å². The van der Waals surface area contributed by atoms with Gasteiger partial charge in [0.2, 0.25) is 21.8 Å². The Kier molecular flexibility index (Phi) is 6.71. The van der Waals surface area contributed by atoms with Crippen LogP contribution >= 0.6 is 0 Å². The second-order valence-corrected chi connectivity index (χ2v) is 10.4. The molecule has 1 N–H and O–H groups in total. The van der Waals surface area contributed by atoms with Crippen molar-refractivity contribution in [2.24, 2.45) is 0 Å². The monoisotopic (exact) mass is 437 g/mol. The van der Waals surface area contributed by atoms with E-state index in [4.69, 9.17) is 4.74 Å². The number of ether oxygens (including phenoxy) is 1. The quantitative estimate of drug-likeness (QED) is 0.710. The molecular weight excluding hydrogens is 406 g/mol. The van der Waals surface area contributed by atoms with Gasteiger partial charge in [-0.15, -0.1) is 0 Å². The number of nitrogens with zero attached hydrogens (tertiary/aromatic N) is 2. The van der Waals surface area contributed by atoms with E-state index in [0.29, 0.717) is 11.4 Å². The van der Waals surface area contributed by atoms with Crippen LogP contribution in [0.5, 0.6) is 5.75 Å². The van der Waals surface area contributed by atoms with Crippen molar-refractivity contribution in [3.8, 4) is 5.75 Å². The Bertz CT molecular complexity index is 896. The molecule has 2 fully saturated rings. The van der Waals surface area contributed by atoms with Crippen molar-refractivity contribution in [1.29, 1.82) is 0 Å². The molecule has 30 heavy (non-hydrogen) atoms. The van der Waals surface area contributed by atoms with E-state index >= 15 is 0 Å². The average Bonchev–Trinajstić information content (AvgIpc) is 2.95. The second-order valence-electron chi connectivity index (χ2n) is 8.40. The molecule has 1 aromatic carbocycles. The van der Waals surface area contributed by atoms with Crippen LogP contribution in [0.1, 0.15) is 45.4 Å². The maximum absolute atomic E-state index is 13.5. The molecule has 1 aliphatic heterocycles. The predicted octanol–water partition coefficient (Wildman–Crippen LogP) is 1.90. The molecule has 2 aliphatic rings. The molecule has 0 radical (unpaired) electrons. The highest BCUT2D eigenvalue weighted by Crippen LogP contribution is 2.33. The van der Waals surface area contributed by atoms with E-state index < -0.39 is 21.5 Å². The van der Waals surface area contributed by atoms with Gasteiger partial charge >= 0.3 is 0 Å². The second kappa shape index (κ2) is 8.93. The first kappa shape index (κ1) is 22.6. The molecule has 0 bridgehead atoms. The first-order chi connectivity index (χ1) is 14.1. The summed E-state index contributed by atoms with van der Waals surface area (Å²) in [5.74, 6) is -0.227. The number of methoxy groups -OCH3 is 1. The number of carbonyl (C=O) groups excluding carboxylic acids is 2. The van der Waals surface area contributed by atoms with E-state index in [1.807, 2.05) is 0 Å². The van der Waals surface area contributed by atoms with Gasteiger partial charge in [0.15, 0.2) is 0 Å². The zero-order valence-electron chi connectivity index (χ0n) is 17.9. The minimum Gasteiger partial charge on any atom is -0.497 e. The summed E-state index contributed by atoms with van der Waals surface area (Å²) in [6.07, 6.45) is 7.26. The number of nitrogens with one attached hydrogen (secondary N) is 1. The number of benzene rings is 1. The van der Waals surface area contributed by atoms with E-state index in [1.165, 1.54) is 12.0 Å². The number of hydrogen-bond acceptors (Lipinski definition) is 5. The maximum Gasteiger partial charge on any atom is 0.247 e. The Balaban J connectivity index is 1.97. The number of anilines is 1. The number of carbonyl (C=O) groups is 2. The first-order valence-corrected chi connectivity index (χ1v) is 12.2. The highest BCUT2D eigenvalue weighted by molar-refractivity contribution is 7.88. The van der Waals surface area contributed by atoms with Crippen molar-refractivity contribution in [2.75, 3.05) is 31.4 Å². The lowest BCUT2D eigenvalue weighted by Crippen LogP contribution is -2.70. The fourth-order valence-electron chi connectivity index (χ4n) is 4.32. The van der Waals surface area contributed by atoms with E-state index in [2.05, 4.69) is 5.32 Å². The fourth-order valence-corrected chi connectivity index (χ4v) is 5.15. The number of amides is 2. The van der Waals surface area contributed by atoms with Gasteiger partial charge in [-0.3, -0.25) is 14.5 Å². The number of sulfonamides is 1. The fraction of sp³-hybridized carbons (Fsp3) is 0.619. The molecule has 1 aliphatic carbocycles. The van der Waals surface area contributed by atoms with E-state index in [0.717, 1.165) is 49.1 Å². The van der Waals surface area contributed by atoms with E-state index in [-0.39, 0.29) is 25.0 Å². The van der Waals surface area contributed by atoms with Crippen LogP contribution in [0.15, 0.2) is 24.3 Å². The van der Waals surface area contributed by atoms with Gasteiger partial charge in [0.25, 0.3) is 0 Å². The summed E-state index contributed by atoms with van der Waals surface area (Å²) in [6.45, 7) is 1.23. The number of piperazine rings is 1. The van der Waals surface area contributed by atoms with Crippen molar-refractivity contribution >= 4 is 27.5 Å². The highest BCUT2D eigenvalue weighted by Gasteiger charge is 2.50. The molecule has 0 unspecified atom stereocenters. The molecule has 166 valence electrons. The summed E-state index contributed by atoms with van der Waals surface area (Å²) in [5, 5.41) is 3.10. The minimum absolute atomic E-state index is 0.0349. The lowest BCUT2D eigenvalue weighted by Gasteiger charge is -2.47. The van der Waals surface area contributed by atoms with Gasteiger partial charge in [-0.25, -0.2) is 8.42 Å². The zero-order valence-corrected chi connectivity index (χ0v) is 18.7. The molecule has 1 saturated carbocycles. The van der Waals surface area contributed by atoms with Crippen LogP contribution in [0.4, 0.5) is 5.69 Å². The molecule has 1 heterocycles. The third-order valence-electron chi connectivity index (χ3n) is 6.00. The molecule has 2 amide bonds. The Morgan fingerprint density at radius 3 is 2.47 bits per heavy atom. The van der Waals surface area contributed by atoms with Crippen LogP contribution in [-0.2, 0) is 19.6 Å². The van der Waals surface area contributed by atoms with Crippen molar-refractivity contribution in [3.05, 3.63) is 24.3 Å². The largest absolute Gasteiger partial charge is 0.497 e. The Labute approximate surface area is 178 Å². The summed E-state index contributed by atoms with van der Waals surface area (Å²) >= 11 is 0. The Morgan fingerprint density at radius 1 is 1.20 bits per heavy atom. The van der Waals surface area contributed by atoms with Crippen LogP contribution in [0.3, 0.4) is 0 Å². The smallest absolute Gasteiger partial charge is 0.247 e. The lowest BCUT2D eigenvalue weighted by atomic mass is 9.93. The Morgan fingerprint density at radius 2 is 1.87 bits per heavy atom. The van der Waals surface area contributed by atoms with Crippen molar-refractivity contribution in [1.82, 2.24) is 9.62 Å². The minimum atomic E-state index is -3.64. The molecular formula is C21H31N3O5S. The molecule has 3 rings (SSSR count). The van der Waals surface area contributed by atoms with Crippen LogP contribution in [0, 0.1) is 0 Å². The third-order valence-corrected chi connectivity index (χ3v) is 7.20. The molecule has 0 spiro atoms. The summed E-state index contributed by atoms with van der Waals surface area (Å²) in [4.78, 5) is 28.0. The molecule has 1 aromatic rings. The standard InChI is InChI=1S/C21H31N3O5S/c1-21(20(26)22-16-9-6-4-5-7-10-16)15-23(30(3,27)28)14-19(25)24(21)17-11-8-12-18(13-17)29-2/h8,11-13,16H,4-7,9-10,14-15H2,1-3H3,(H,22,26)/t21-/m1/s1. The van der Waals surface area contributed by atoms with Gasteiger partial charge in [0, 0.05) is 24.3 Å². The lowest BCUT2D eigenvalue weighted by molar-refractivity contribution is -0.133. The first-order valence-electron chi connectivity index (χ1n) is 10.4. The molecule has 1 saturated heterocycles. The van der Waals surface area contributed by atoms with Crippen LogP contribution < -0.4 is 15.0 Å². The van der Waals surface area contributed by atoms with Gasteiger partial charge in [0.1, 0.15) is 11.3 Å². The van der Waals surface area contributed by atoms with Crippen molar-refractivity contribution < 1.29 is 22.7 Å². The summed E-state index contributed by atoms with van der Waals surface area (Å²) < 4.78 is 30.8. The summed E-state index contributed by atoms with van der Waals surface area (Å²) in [5.41, 5.74) is -0.872. The number of rotatable bonds is 5. The predicted molar refractivity (Wildman–Crippen MR) is 115 cm³/mol. The zero-order chi connectivity index (χ0) is 21.9. The molecule has 8 nitrogen and oxygen atoms in total. The normalized spacial score (nSPS) is 24.4.